The number of allylic oxidation sites excluding steroid dienone is 1. The van der Waals surface area contributed by atoms with E-state index in [4.69, 9.17) is 10.7 Å². The molecule has 2 aliphatic rings. The van der Waals surface area contributed by atoms with Crippen molar-refractivity contribution in [3.8, 4) is 6.07 Å². The number of aliphatic imine (C=N–C) groups is 1. The normalized spacial score (nSPS) is 28.2. The fourth-order valence-corrected chi connectivity index (χ4v) is 4.78. The molecular weight excluding hydrogens is 396 g/mol. The molecule has 1 aromatic heterocycles. The van der Waals surface area contributed by atoms with Crippen molar-refractivity contribution in [3.05, 3.63) is 65.0 Å². The van der Waals surface area contributed by atoms with Crippen LogP contribution in [0, 0.1) is 30.1 Å². The molecule has 2 heterocycles. The van der Waals surface area contributed by atoms with E-state index in [0.717, 1.165) is 54.5 Å². The Balaban J connectivity index is 1.91. The lowest BCUT2D eigenvalue weighted by Crippen LogP contribution is -2.33. The van der Waals surface area contributed by atoms with Gasteiger partial charge in [0.2, 0.25) is 0 Å². The summed E-state index contributed by atoms with van der Waals surface area (Å²) in [5, 5.41) is 9.18. The van der Waals surface area contributed by atoms with Gasteiger partial charge in [-0.05, 0) is 68.2 Å². The van der Waals surface area contributed by atoms with Crippen LogP contribution in [0.3, 0.4) is 0 Å². The van der Waals surface area contributed by atoms with E-state index in [2.05, 4.69) is 49.2 Å². The van der Waals surface area contributed by atoms with Crippen LogP contribution in [-0.4, -0.2) is 22.5 Å². The molecule has 164 valence electrons. The van der Waals surface area contributed by atoms with E-state index in [9.17, 15) is 10.1 Å². The van der Waals surface area contributed by atoms with E-state index in [1.165, 1.54) is 5.56 Å². The monoisotopic (exact) mass is 426 g/mol. The molecule has 0 spiro atoms. The number of carbonyl (C=O) groups is 1. The SMILES string of the molecule is Cc1ccc(/C2=C(c3ccc(C#N)nc3)/N=C(/C3CCC(N)CC3)C(=O)CCC2C)cc1. The first kappa shape index (κ1) is 22.1. The summed E-state index contributed by atoms with van der Waals surface area (Å²) in [6.45, 7) is 4.24. The highest BCUT2D eigenvalue weighted by Gasteiger charge is 2.31. The van der Waals surface area contributed by atoms with Crippen molar-refractivity contribution in [3.63, 3.8) is 0 Å². The maximum atomic E-state index is 13.2. The Morgan fingerprint density at radius 3 is 2.31 bits per heavy atom. The maximum Gasteiger partial charge on any atom is 0.177 e. The summed E-state index contributed by atoms with van der Waals surface area (Å²) in [6, 6.07) is 14.4. The molecule has 0 bridgehead atoms. The Bertz CT molecular complexity index is 1080. The van der Waals surface area contributed by atoms with Crippen LogP contribution < -0.4 is 5.73 Å². The summed E-state index contributed by atoms with van der Waals surface area (Å²) in [5.74, 6) is 0.466. The number of aromatic nitrogens is 1. The first-order valence-corrected chi connectivity index (χ1v) is 11.5. The van der Waals surface area contributed by atoms with E-state index in [1.807, 2.05) is 6.07 Å². The quantitative estimate of drug-likeness (QED) is 0.740. The van der Waals surface area contributed by atoms with Crippen molar-refractivity contribution in [1.29, 1.82) is 5.26 Å². The van der Waals surface area contributed by atoms with Crippen LogP contribution >= 0.6 is 0 Å². The molecule has 2 N–H and O–H groups in total. The number of hydrogen-bond acceptors (Lipinski definition) is 5. The maximum absolute atomic E-state index is 13.2. The largest absolute Gasteiger partial charge is 0.328 e. The minimum absolute atomic E-state index is 0.149. The zero-order valence-corrected chi connectivity index (χ0v) is 18.8. The number of rotatable bonds is 3. The number of nitrogens with zero attached hydrogens (tertiary/aromatic N) is 3. The van der Waals surface area contributed by atoms with Crippen LogP contribution in [0.25, 0.3) is 11.3 Å². The summed E-state index contributed by atoms with van der Waals surface area (Å²) in [5.41, 5.74) is 12.3. The van der Waals surface area contributed by atoms with Crippen molar-refractivity contribution >= 4 is 22.8 Å². The summed E-state index contributed by atoms with van der Waals surface area (Å²) in [7, 11) is 0. The highest BCUT2D eigenvalue weighted by molar-refractivity contribution is 6.41. The van der Waals surface area contributed by atoms with Crippen LogP contribution in [0.15, 0.2) is 47.6 Å². The van der Waals surface area contributed by atoms with E-state index < -0.39 is 0 Å². The molecule has 5 nitrogen and oxygen atoms in total. The fourth-order valence-electron chi connectivity index (χ4n) is 4.78. The third kappa shape index (κ3) is 4.71. The molecule has 2 aromatic rings. The van der Waals surface area contributed by atoms with Gasteiger partial charge < -0.3 is 5.73 Å². The second kappa shape index (κ2) is 9.58. The first-order valence-electron chi connectivity index (χ1n) is 11.5. The van der Waals surface area contributed by atoms with Crippen molar-refractivity contribution in [1.82, 2.24) is 4.98 Å². The van der Waals surface area contributed by atoms with Gasteiger partial charge in [0.05, 0.1) is 11.4 Å². The smallest absolute Gasteiger partial charge is 0.177 e. The van der Waals surface area contributed by atoms with Gasteiger partial charge in [-0.3, -0.25) is 4.79 Å². The molecule has 1 saturated carbocycles. The second-order valence-electron chi connectivity index (χ2n) is 9.14. The van der Waals surface area contributed by atoms with E-state index in [-0.39, 0.29) is 23.7 Å². The van der Waals surface area contributed by atoms with Gasteiger partial charge >= 0.3 is 0 Å². The Hall–Kier alpha value is -3.10. The van der Waals surface area contributed by atoms with Crippen LogP contribution in [0.4, 0.5) is 0 Å². The highest BCUT2D eigenvalue weighted by Crippen LogP contribution is 2.38. The minimum atomic E-state index is 0.149. The molecule has 4 rings (SSSR count). The molecule has 32 heavy (non-hydrogen) atoms. The van der Waals surface area contributed by atoms with Crippen LogP contribution in [-0.2, 0) is 4.79 Å². The van der Waals surface area contributed by atoms with Crippen LogP contribution in [0.2, 0.25) is 0 Å². The molecule has 5 heteroatoms. The Morgan fingerprint density at radius 1 is 1.00 bits per heavy atom. The molecule has 1 aliphatic carbocycles. The second-order valence-corrected chi connectivity index (χ2v) is 9.14. The number of nitriles is 1. The molecule has 1 atom stereocenters. The van der Waals surface area contributed by atoms with Crippen LogP contribution in [0.1, 0.15) is 67.8 Å². The number of hydrogen-bond donors (Lipinski definition) is 1. The molecule has 0 radical (unpaired) electrons. The molecular formula is C27H30N4O. The standard InChI is InChI=1S/C27H30N4O/c1-17-3-6-19(7-4-17)25-18(2)5-14-24(32)26(20-8-11-22(29)12-9-20)31-27(25)21-10-13-23(15-28)30-16-21/h3-4,6-7,10,13,16,18,20,22H,5,8-9,11-12,14,29H2,1-2H3/b27-25+,31-26-. The average Bonchev–Trinajstić information content (AvgIpc) is 2.81. The molecule has 0 amide bonds. The summed E-state index contributed by atoms with van der Waals surface area (Å²) in [4.78, 5) is 22.6. The van der Waals surface area contributed by atoms with Gasteiger partial charge in [-0.2, -0.15) is 5.26 Å². The lowest BCUT2D eigenvalue weighted by Gasteiger charge is -2.29. The summed E-state index contributed by atoms with van der Waals surface area (Å²) in [6.07, 6.45) is 6.65. The molecule has 0 saturated heterocycles. The van der Waals surface area contributed by atoms with Crippen molar-refractivity contribution in [2.75, 3.05) is 0 Å². The molecule has 1 aromatic carbocycles. The lowest BCUT2D eigenvalue weighted by atomic mass is 9.79. The highest BCUT2D eigenvalue weighted by atomic mass is 16.1. The number of pyridine rings is 1. The van der Waals surface area contributed by atoms with E-state index in [1.54, 1.807) is 12.3 Å². The van der Waals surface area contributed by atoms with Gasteiger partial charge in [-0.15, -0.1) is 0 Å². The summed E-state index contributed by atoms with van der Waals surface area (Å²) < 4.78 is 0. The minimum Gasteiger partial charge on any atom is -0.328 e. The molecule has 1 unspecified atom stereocenters. The number of ketones is 1. The van der Waals surface area contributed by atoms with E-state index >= 15 is 0 Å². The van der Waals surface area contributed by atoms with Crippen LogP contribution in [0.5, 0.6) is 0 Å². The lowest BCUT2D eigenvalue weighted by molar-refractivity contribution is -0.113. The van der Waals surface area contributed by atoms with Crippen molar-refractivity contribution < 1.29 is 4.79 Å². The summed E-state index contributed by atoms with van der Waals surface area (Å²) >= 11 is 0. The van der Waals surface area contributed by atoms with E-state index in [0.29, 0.717) is 17.8 Å². The van der Waals surface area contributed by atoms with Gasteiger partial charge in [0.1, 0.15) is 11.8 Å². The predicted molar refractivity (Wildman–Crippen MR) is 128 cm³/mol. The van der Waals surface area contributed by atoms with Gasteiger partial charge in [-0.1, -0.05) is 36.8 Å². The fraction of sp³-hybridized carbons (Fsp3) is 0.407. The topological polar surface area (TPSA) is 92.1 Å². The molecule has 1 aliphatic heterocycles. The van der Waals surface area contributed by atoms with Gasteiger partial charge in [0, 0.05) is 30.1 Å². The zero-order chi connectivity index (χ0) is 22.7. The average molecular weight is 427 g/mol. The van der Waals surface area contributed by atoms with Crippen molar-refractivity contribution in [2.45, 2.75) is 58.4 Å². The third-order valence-corrected chi connectivity index (χ3v) is 6.74. The Morgan fingerprint density at radius 2 is 1.69 bits per heavy atom. The first-order chi connectivity index (χ1) is 15.5. The van der Waals surface area contributed by atoms with Gasteiger partial charge in [0.15, 0.2) is 5.78 Å². The number of Topliss-reactive ketones (excluding diaryl/α,β-unsaturated/α-hetero) is 1. The number of nitrogens with two attached hydrogens (primary N) is 1. The Labute approximate surface area is 190 Å². The third-order valence-electron chi connectivity index (χ3n) is 6.74. The zero-order valence-electron chi connectivity index (χ0n) is 18.8. The number of aryl methyl sites for hydroxylation is 1. The number of carbonyl (C=O) groups excluding carboxylic acids is 1. The predicted octanol–water partition coefficient (Wildman–Crippen LogP) is 5.09. The van der Waals surface area contributed by atoms with Gasteiger partial charge in [0.25, 0.3) is 0 Å². The Kier molecular flexibility index (Phi) is 6.62. The van der Waals surface area contributed by atoms with Crippen molar-refractivity contribution in [2.24, 2.45) is 22.6 Å². The number of benzene rings is 1. The van der Waals surface area contributed by atoms with Gasteiger partial charge in [-0.25, -0.2) is 9.98 Å². The molecule has 1 fully saturated rings.